The summed E-state index contributed by atoms with van der Waals surface area (Å²) in [4.78, 5) is 11.8. The molecule has 0 aromatic carbocycles. The normalized spacial score (nSPS) is 54.3. The maximum atomic E-state index is 11.8. The molecule has 7 atom stereocenters. The molecule has 122 valence electrons. The maximum Gasteiger partial charge on any atom is 0.133 e. The Hall–Kier alpha value is -0.630. The third kappa shape index (κ3) is 1.85. The second-order valence-corrected chi connectivity index (χ2v) is 8.84. The molecule has 4 aliphatic carbocycles. The van der Waals surface area contributed by atoms with E-state index in [4.69, 9.17) is 0 Å². The molecule has 4 fully saturated rings. The number of hydrogen-bond acceptors (Lipinski definition) is 2. The summed E-state index contributed by atoms with van der Waals surface area (Å²) in [5, 5.41) is 11.0. The van der Waals surface area contributed by atoms with E-state index >= 15 is 0 Å². The third-order valence-corrected chi connectivity index (χ3v) is 8.32. The van der Waals surface area contributed by atoms with Crippen LogP contribution in [0.2, 0.25) is 0 Å². The lowest BCUT2D eigenvalue weighted by atomic mass is 9.49. The maximum absolute atomic E-state index is 11.8. The Labute approximate surface area is 134 Å². The summed E-state index contributed by atoms with van der Waals surface area (Å²) in [6.45, 7) is 6.26. The lowest BCUT2D eigenvalue weighted by Crippen LogP contribution is -2.53. The molecule has 4 rings (SSSR count). The highest BCUT2D eigenvalue weighted by molar-refractivity contribution is 5.79. The molecule has 0 bridgehead atoms. The number of carbonyl (C=O) groups excluding carboxylic acids is 1. The van der Waals surface area contributed by atoms with Gasteiger partial charge in [0.15, 0.2) is 0 Å². The van der Waals surface area contributed by atoms with Crippen LogP contribution in [0.25, 0.3) is 0 Å². The molecular formula is C20H30O2. The summed E-state index contributed by atoms with van der Waals surface area (Å²) in [6.07, 6.45) is 11.6. The van der Waals surface area contributed by atoms with Crippen LogP contribution in [0.1, 0.15) is 64.7 Å². The van der Waals surface area contributed by atoms with Gasteiger partial charge in [0.1, 0.15) is 5.78 Å². The Bertz CT molecular complexity index is 498. The predicted molar refractivity (Wildman–Crippen MR) is 87.3 cm³/mol. The van der Waals surface area contributed by atoms with Gasteiger partial charge in [0, 0.05) is 18.3 Å². The van der Waals surface area contributed by atoms with Gasteiger partial charge in [-0.1, -0.05) is 13.0 Å². The van der Waals surface area contributed by atoms with Crippen LogP contribution in [0.5, 0.6) is 0 Å². The number of Topliss-reactive ketones (excluding diaryl/α,β-unsaturated/α-hetero) is 1. The van der Waals surface area contributed by atoms with E-state index in [-0.39, 0.29) is 5.41 Å². The van der Waals surface area contributed by atoms with E-state index in [2.05, 4.69) is 13.5 Å². The Balaban J connectivity index is 1.60. The molecule has 0 saturated heterocycles. The van der Waals surface area contributed by atoms with Crippen molar-refractivity contribution in [3.05, 3.63) is 12.7 Å². The number of ketones is 1. The molecule has 0 aromatic rings. The van der Waals surface area contributed by atoms with Crippen molar-refractivity contribution in [1.82, 2.24) is 0 Å². The average Bonchev–Trinajstić information content (AvgIpc) is 2.79. The molecule has 0 heterocycles. The van der Waals surface area contributed by atoms with Gasteiger partial charge in [-0.15, -0.1) is 6.58 Å². The van der Waals surface area contributed by atoms with Gasteiger partial charge < -0.3 is 5.11 Å². The largest absolute Gasteiger partial charge is 0.385 e. The lowest BCUT2D eigenvalue weighted by Gasteiger charge is -2.56. The van der Waals surface area contributed by atoms with Gasteiger partial charge in [-0.05, 0) is 74.5 Å². The molecule has 2 nitrogen and oxygen atoms in total. The minimum atomic E-state index is -0.651. The van der Waals surface area contributed by atoms with Gasteiger partial charge >= 0.3 is 0 Å². The Morgan fingerprint density at radius 1 is 1.09 bits per heavy atom. The van der Waals surface area contributed by atoms with Crippen LogP contribution in [0.3, 0.4) is 0 Å². The zero-order chi connectivity index (χ0) is 15.5. The quantitative estimate of drug-likeness (QED) is 0.740. The smallest absolute Gasteiger partial charge is 0.133 e. The van der Waals surface area contributed by atoms with Crippen molar-refractivity contribution in [2.24, 2.45) is 35.0 Å². The molecule has 1 N–H and O–H groups in total. The highest BCUT2D eigenvalue weighted by Gasteiger charge is 2.61. The first-order valence-electron chi connectivity index (χ1n) is 9.36. The molecule has 0 aliphatic heterocycles. The summed E-state index contributed by atoms with van der Waals surface area (Å²) in [7, 11) is 0. The fourth-order valence-corrected chi connectivity index (χ4v) is 7.05. The first-order valence-corrected chi connectivity index (χ1v) is 9.36. The molecule has 4 aliphatic rings. The number of rotatable bonds is 1. The van der Waals surface area contributed by atoms with Crippen molar-refractivity contribution in [3.8, 4) is 0 Å². The zero-order valence-corrected chi connectivity index (χ0v) is 13.9. The van der Waals surface area contributed by atoms with Crippen molar-refractivity contribution < 1.29 is 9.90 Å². The van der Waals surface area contributed by atoms with Crippen LogP contribution in [-0.2, 0) is 4.79 Å². The summed E-state index contributed by atoms with van der Waals surface area (Å²) < 4.78 is 0. The van der Waals surface area contributed by atoms with Crippen molar-refractivity contribution >= 4 is 5.78 Å². The Morgan fingerprint density at radius 2 is 1.91 bits per heavy atom. The van der Waals surface area contributed by atoms with Crippen LogP contribution in [0.15, 0.2) is 12.7 Å². The van der Waals surface area contributed by atoms with Gasteiger partial charge in [0.05, 0.1) is 5.60 Å². The first kappa shape index (κ1) is 14.9. The highest BCUT2D eigenvalue weighted by atomic mass is 16.3. The van der Waals surface area contributed by atoms with Crippen LogP contribution in [-0.4, -0.2) is 16.5 Å². The van der Waals surface area contributed by atoms with E-state index < -0.39 is 5.60 Å². The Kier molecular flexibility index (Phi) is 3.35. The van der Waals surface area contributed by atoms with Gasteiger partial charge in [-0.3, -0.25) is 4.79 Å². The first-order chi connectivity index (χ1) is 10.5. The van der Waals surface area contributed by atoms with Crippen LogP contribution in [0.4, 0.5) is 0 Å². The number of carbonyl (C=O) groups is 1. The van der Waals surface area contributed by atoms with E-state index in [0.717, 1.165) is 56.3 Å². The predicted octanol–water partition coefficient (Wildman–Crippen LogP) is 4.13. The second-order valence-electron chi connectivity index (χ2n) is 8.84. The average molecular weight is 302 g/mol. The van der Waals surface area contributed by atoms with Gasteiger partial charge in [0.2, 0.25) is 0 Å². The zero-order valence-electron chi connectivity index (χ0n) is 13.9. The van der Waals surface area contributed by atoms with E-state index in [9.17, 15) is 9.90 Å². The van der Waals surface area contributed by atoms with E-state index in [1.54, 1.807) is 0 Å². The molecule has 0 spiro atoms. The van der Waals surface area contributed by atoms with Crippen LogP contribution in [0, 0.1) is 35.0 Å². The standard InChI is InChI=1S/C20H30O2/c1-3-20(22)11-9-18-17-6-4-13-12-14(21)5-7-15(13)16(17)8-10-19(18,20)2/h3,13,15-18,22H,1,4-12H2,2H3/t13-,15-,16+,17+,18-,19-,20-/m0/s1. The van der Waals surface area contributed by atoms with Crippen LogP contribution >= 0.6 is 0 Å². The minimum absolute atomic E-state index is 0.0350. The van der Waals surface area contributed by atoms with Gasteiger partial charge in [-0.25, -0.2) is 0 Å². The van der Waals surface area contributed by atoms with Gasteiger partial charge in [0.25, 0.3) is 0 Å². The molecule has 0 radical (unpaired) electrons. The summed E-state index contributed by atoms with van der Waals surface area (Å²) >= 11 is 0. The van der Waals surface area contributed by atoms with E-state index in [0.29, 0.717) is 17.6 Å². The molecule has 0 amide bonds. The number of hydrogen-bond donors (Lipinski definition) is 1. The summed E-state index contributed by atoms with van der Waals surface area (Å²) in [5.74, 6) is 4.22. The van der Waals surface area contributed by atoms with Crippen molar-refractivity contribution in [1.29, 1.82) is 0 Å². The second kappa shape index (κ2) is 4.93. The molecule has 4 saturated carbocycles. The van der Waals surface area contributed by atoms with Gasteiger partial charge in [-0.2, -0.15) is 0 Å². The molecule has 0 unspecified atom stereocenters. The van der Waals surface area contributed by atoms with Crippen molar-refractivity contribution in [2.45, 2.75) is 70.3 Å². The van der Waals surface area contributed by atoms with E-state index in [1.165, 1.54) is 19.3 Å². The fraction of sp³-hybridized carbons (Fsp3) is 0.850. The monoisotopic (exact) mass is 302 g/mol. The molecule has 0 aromatic heterocycles. The topological polar surface area (TPSA) is 37.3 Å². The molecule has 2 heteroatoms. The van der Waals surface area contributed by atoms with Crippen molar-refractivity contribution in [3.63, 3.8) is 0 Å². The highest BCUT2D eigenvalue weighted by Crippen LogP contribution is 2.65. The van der Waals surface area contributed by atoms with E-state index in [1.807, 2.05) is 6.08 Å². The fourth-order valence-electron chi connectivity index (χ4n) is 7.05. The van der Waals surface area contributed by atoms with Crippen LogP contribution < -0.4 is 0 Å². The SMILES string of the molecule is C=C[C@]1(O)CC[C@H]2[C@@H]3CC[C@H]4CC(=O)CC[C@@H]4[C@H]3CC[C@@]21C. The lowest BCUT2D eigenvalue weighted by molar-refractivity contribution is -0.131. The third-order valence-electron chi connectivity index (χ3n) is 8.32. The van der Waals surface area contributed by atoms with Crippen molar-refractivity contribution in [2.75, 3.05) is 0 Å². The molecular weight excluding hydrogens is 272 g/mol. The Morgan fingerprint density at radius 3 is 2.68 bits per heavy atom. The molecule has 22 heavy (non-hydrogen) atoms. The summed E-state index contributed by atoms with van der Waals surface area (Å²) in [5.41, 5.74) is -0.616. The minimum Gasteiger partial charge on any atom is -0.385 e. The number of fused-ring (bicyclic) bond motifs is 5. The summed E-state index contributed by atoms with van der Waals surface area (Å²) in [6, 6.07) is 0. The number of aliphatic hydroxyl groups is 1.